The number of para-hydroxylation sites is 1. The third kappa shape index (κ3) is 8.70. The normalized spacial score (nSPS) is 27.6. The van der Waals surface area contributed by atoms with E-state index in [-0.39, 0.29) is 42.5 Å². The molecule has 53 heavy (non-hydrogen) atoms. The van der Waals surface area contributed by atoms with Crippen molar-refractivity contribution in [2.24, 2.45) is 35.0 Å². The Morgan fingerprint density at radius 3 is 2.38 bits per heavy atom. The van der Waals surface area contributed by atoms with Gasteiger partial charge in [0.05, 0.1) is 26.4 Å². The van der Waals surface area contributed by atoms with Crippen molar-refractivity contribution >= 4 is 17.5 Å². The van der Waals surface area contributed by atoms with E-state index in [0.29, 0.717) is 35.0 Å². The highest BCUT2D eigenvalue weighted by atomic mass is 16.7. The summed E-state index contributed by atoms with van der Waals surface area (Å²) in [5.74, 6) is 1.52. The van der Waals surface area contributed by atoms with Crippen LogP contribution in [0.3, 0.4) is 0 Å². The van der Waals surface area contributed by atoms with Crippen LogP contribution in [0, 0.1) is 35.0 Å². The minimum absolute atomic E-state index is 0.000458. The second-order valence-electron chi connectivity index (χ2n) is 17.5. The van der Waals surface area contributed by atoms with Crippen molar-refractivity contribution in [1.29, 1.82) is 0 Å². The topological polar surface area (TPSA) is 127 Å². The lowest BCUT2D eigenvalue weighted by atomic mass is 9.45. The Hall–Kier alpha value is -3.22. The molecule has 0 radical (unpaired) electrons. The lowest BCUT2D eigenvalue weighted by molar-refractivity contribution is -0.183. The Labute approximate surface area is 317 Å². The number of fused-ring (bicyclic) bond motifs is 2. The second kappa shape index (κ2) is 16.7. The number of nitrogens with zero attached hydrogens (tertiary/aromatic N) is 3. The van der Waals surface area contributed by atoms with Gasteiger partial charge >= 0.3 is 0 Å². The largest absolute Gasteiger partial charge is 0.496 e. The van der Waals surface area contributed by atoms with Crippen LogP contribution in [0.5, 0.6) is 5.75 Å². The van der Waals surface area contributed by atoms with Crippen LogP contribution >= 0.6 is 0 Å². The van der Waals surface area contributed by atoms with Gasteiger partial charge in [-0.15, -0.1) is 0 Å². The molecule has 6 rings (SSSR count). The molecule has 2 aromatic carbocycles. The number of carbonyl (C=O) groups excluding carboxylic acids is 2. The van der Waals surface area contributed by atoms with E-state index in [4.69, 9.17) is 9.57 Å². The molecular weight excluding hydrogens is 670 g/mol. The number of ether oxygens (including phenoxy) is 1. The maximum Gasteiger partial charge on any atom is 0.251 e. The summed E-state index contributed by atoms with van der Waals surface area (Å²) < 4.78 is 6.09. The molecule has 3 aliphatic carbocycles. The molecule has 2 bridgehead atoms. The fraction of sp³-hybridized carbons (Fsp3) is 0.667. The van der Waals surface area contributed by atoms with E-state index in [9.17, 15) is 19.8 Å². The van der Waals surface area contributed by atoms with Gasteiger partial charge in [-0.1, -0.05) is 52.8 Å². The van der Waals surface area contributed by atoms with Crippen molar-refractivity contribution in [3.05, 3.63) is 47.5 Å². The average Bonchev–Trinajstić information content (AvgIpc) is 3.46. The minimum Gasteiger partial charge on any atom is -0.496 e. The monoisotopic (exact) mass is 735 g/mol. The van der Waals surface area contributed by atoms with E-state index in [0.717, 1.165) is 41.8 Å². The van der Waals surface area contributed by atoms with Crippen LogP contribution in [-0.2, 0) is 16.2 Å². The van der Waals surface area contributed by atoms with Crippen LogP contribution in [-0.4, -0.2) is 111 Å². The third-order valence-electron chi connectivity index (χ3n) is 12.4. The van der Waals surface area contributed by atoms with Gasteiger partial charge in [-0.25, -0.2) is 0 Å². The van der Waals surface area contributed by atoms with Crippen LogP contribution in [0.4, 0.5) is 5.69 Å². The standard InChI is InChI=1S/C42H65N5O6/c1-24(2)15-31(22-45(7)8)43-40(50)29-16-28(17-32(18-29)46(9)10)33-14-12-13-27(39(33)52-11)21-47-38(37(26(4)49)36(23-48)53-47)41(51)44-35-20-30-19-34(25(35)3)42(30,5)6/h12-14,16-18,24-26,30-31,34-38,48-49H,15,19-23H2,1-11H3,(H,43,50)(H,44,51)/t25-,26-,30+,31-,34-,35-,36-,37-,38-/m0/s1. The number of hydrogen-bond donors (Lipinski definition) is 4. The second-order valence-corrected chi connectivity index (χ2v) is 17.5. The molecule has 4 fully saturated rings. The van der Waals surface area contributed by atoms with Gasteiger partial charge in [-0.3, -0.25) is 14.4 Å². The lowest BCUT2D eigenvalue weighted by Gasteiger charge is -2.62. The van der Waals surface area contributed by atoms with Crippen molar-refractivity contribution in [2.75, 3.05) is 53.4 Å². The summed E-state index contributed by atoms with van der Waals surface area (Å²) >= 11 is 0. The highest BCUT2D eigenvalue weighted by Gasteiger charge is 2.57. The summed E-state index contributed by atoms with van der Waals surface area (Å²) in [4.78, 5) is 38.4. The first-order chi connectivity index (χ1) is 25.0. The first-order valence-electron chi connectivity index (χ1n) is 19.4. The van der Waals surface area contributed by atoms with Gasteiger partial charge in [0.15, 0.2) is 0 Å². The molecule has 0 aromatic heterocycles. The smallest absolute Gasteiger partial charge is 0.251 e. The molecule has 4 aliphatic rings. The maximum absolute atomic E-state index is 14.3. The molecular formula is C42H65N5O6. The van der Waals surface area contributed by atoms with E-state index in [1.54, 1.807) is 19.1 Å². The minimum atomic E-state index is -0.895. The van der Waals surface area contributed by atoms with E-state index in [1.807, 2.05) is 69.5 Å². The molecule has 1 heterocycles. The number of benzene rings is 2. The third-order valence-corrected chi connectivity index (χ3v) is 12.4. The van der Waals surface area contributed by atoms with Gasteiger partial charge in [-0.2, -0.15) is 5.06 Å². The predicted octanol–water partition coefficient (Wildman–Crippen LogP) is 4.79. The van der Waals surface area contributed by atoms with Crippen molar-refractivity contribution in [3.63, 3.8) is 0 Å². The molecule has 1 saturated heterocycles. The van der Waals surface area contributed by atoms with Crippen LogP contribution in [0.1, 0.15) is 76.7 Å². The number of nitrogens with one attached hydrogen (secondary N) is 2. The Kier molecular flexibility index (Phi) is 12.9. The number of aliphatic hydroxyl groups is 2. The molecule has 0 spiro atoms. The summed E-state index contributed by atoms with van der Waals surface area (Å²) in [5.41, 5.74) is 4.08. The van der Waals surface area contributed by atoms with Crippen molar-refractivity contribution in [1.82, 2.24) is 20.6 Å². The highest BCUT2D eigenvalue weighted by Crippen LogP contribution is 2.61. The SMILES string of the molecule is COc1c(CN2O[C@@H](CO)[C@H]([C@H](C)O)[C@H]2C(=O)N[C@H]2C[C@H]3C[C@@H]([C@@H]2C)C3(C)C)cccc1-c1cc(C(=O)N[C@@H](CC(C)C)CN(C)C)cc(N(C)C)c1. The number of amides is 2. The lowest BCUT2D eigenvalue weighted by Crippen LogP contribution is -2.62. The number of aliphatic hydroxyl groups excluding tert-OH is 2. The molecule has 294 valence electrons. The predicted molar refractivity (Wildman–Crippen MR) is 210 cm³/mol. The van der Waals surface area contributed by atoms with E-state index < -0.39 is 24.2 Å². The number of anilines is 1. The Morgan fingerprint density at radius 1 is 1.09 bits per heavy atom. The van der Waals surface area contributed by atoms with E-state index in [2.05, 4.69) is 50.2 Å². The fourth-order valence-electron chi connectivity index (χ4n) is 9.44. The van der Waals surface area contributed by atoms with Gasteiger partial charge in [0.2, 0.25) is 5.91 Å². The molecule has 3 saturated carbocycles. The van der Waals surface area contributed by atoms with Crippen LogP contribution in [0.25, 0.3) is 11.1 Å². The van der Waals surface area contributed by atoms with Crippen molar-refractivity contribution in [3.8, 4) is 16.9 Å². The van der Waals surface area contributed by atoms with Gasteiger partial charge < -0.3 is 35.4 Å². The van der Waals surface area contributed by atoms with Gasteiger partial charge in [0.25, 0.3) is 5.91 Å². The van der Waals surface area contributed by atoms with E-state index in [1.165, 1.54) is 6.42 Å². The number of rotatable bonds is 15. The zero-order chi connectivity index (χ0) is 38.9. The van der Waals surface area contributed by atoms with Gasteiger partial charge in [0, 0.05) is 61.0 Å². The molecule has 9 atom stereocenters. The Balaban J connectivity index is 1.45. The number of methoxy groups -OCH3 is 1. The molecule has 11 heteroatoms. The Bertz CT molecular complexity index is 1580. The molecule has 2 aromatic rings. The summed E-state index contributed by atoms with van der Waals surface area (Å²) in [6.07, 6.45) is 1.36. The number of carbonyl (C=O) groups is 2. The summed E-state index contributed by atoms with van der Waals surface area (Å²) in [5, 5.41) is 29.5. The van der Waals surface area contributed by atoms with Gasteiger partial charge in [0.1, 0.15) is 17.9 Å². The van der Waals surface area contributed by atoms with Crippen LogP contribution < -0.4 is 20.3 Å². The molecule has 0 unspecified atom stereocenters. The molecule has 1 aliphatic heterocycles. The molecule has 2 amide bonds. The summed E-state index contributed by atoms with van der Waals surface area (Å²) in [7, 11) is 9.54. The number of likely N-dealkylation sites (N-methyl/N-ethyl adjacent to an activating group) is 1. The van der Waals surface area contributed by atoms with Crippen molar-refractivity contribution in [2.45, 2.75) is 97.7 Å². The van der Waals surface area contributed by atoms with Crippen molar-refractivity contribution < 1.29 is 29.4 Å². The van der Waals surface area contributed by atoms with Gasteiger partial charge in [-0.05, 0) is 93.1 Å². The fourth-order valence-corrected chi connectivity index (χ4v) is 9.44. The molecule has 11 nitrogen and oxygen atoms in total. The zero-order valence-electron chi connectivity index (χ0n) is 33.8. The summed E-state index contributed by atoms with van der Waals surface area (Å²) in [6.45, 7) is 13.5. The van der Waals surface area contributed by atoms with Crippen LogP contribution in [0.15, 0.2) is 36.4 Å². The average molecular weight is 736 g/mol. The number of hydrogen-bond acceptors (Lipinski definition) is 9. The first-order valence-corrected chi connectivity index (χ1v) is 19.4. The van der Waals surface area contributed by atoms with E-state index >= 15 is 0 Å². The Morgan fingerprint density at radius 2 is 1.81 bits per heavy atom. The molecule has 4 N–H and O–H groups in total. The zero-order valence-corrected chi connectivity index (χ0v) is 33.8. The number of hydroxylamine groups is 2. The highest BCUT2D eigenvalue weighted by molar-refractivity contribution is 5.97. The first kappa shape index (κ1) is 41.0. The maximum atomic E-state index is 14.3. The summed E-state index contributed by atoms with van der Waals surface area (Å²) in [6, 6.07) is 10.9. The quantitative estimate of drug-likeness (QED) is 0.204. The van der Waals surface area contributed by atoms with Crippen LogP contribution in [0.2, 0.25) is 0 Å².